The Bertz CT molecular complexity index is 471. The first-order valence-corrected chi connectivity index (χ1v) is 7.81. The molecular weight excluding hydrogens is 313 g/mol. The van der Waals surface area contributed by atoms with Gasteiger partial charge in [-0.15, -0.1) is 0 Å². The van der Waals surface area contributed by atoms with Crippen molar-refractivity contribution in [3.05, 3.63) is 27.7 Å². The molecule has 2 rings (SSSR count). The first-order chi connectivity index (χ1) is 10.1. The van der Waals surface area contributed by atoms with Gasteiger partial charge in [0.2, 0.25) is 0 Å². The molecule has 1 heterocycles. The van der Waals surface area contributed by atoms with Gasteiger partial charge in [-0.05, 0) is 31.4 Å². The monoisotopic (exact) mass is 333 g/mol. The predicted octanol–water partition coefficient (Wildman–Crippen LogP) is 3.02. The molecule has 2 N–H and O–H groups in total. The zero-order chi connectivity index (χ0) is 15.3. The molecule has 0 bridgehead atoms. The number of halogens is 2. The van der Waals surface area contributed by atoms with Crippen molar-refractivity contribution in [1.29, 1.82) is 0 Å². The van der Waals surface area contributed by atoms with Crippen molar-refractivity contribution >= 4 is 23.2 Å². The Labute approximate surface area is 135 Å². The van der Waals surface area contributed by atoms with E-state index in [4.69, 9.17) is 32.7 Å². The molecule has 1 aromatic carbocycles. The molecule has 0 radical (unpaired) electrons. The molecule has 0 unspecified atom stereocenters. The fraction of sp³-hybridized carbons (Fsp3) is 0.600. The van der Waals surface area contributed by atoms with E-state index in [0.717, 1.165) is 18.4 Å². The molecule has 0 amide bonds. The first-order valence-electron chi connectivity index (χ1n) is 7.06. The number of ether oxygens (including phenoxy) is 2. The largest absolute Gasteiger partial charge is 0.495 e. The summed E-state index contributed by atoms with van der Waals surface area (Å²) >= 11 is 12.2. The van der Waals surface area contributed by atoms with Crippen molar-refractivity contribution in [3.8, 4) is 5.75 Å². The second kappa shape index (κ2) is 7.65. The van der Waals surface area contributed by atoms with Gasteiger partial charge in [0.1, 0.15) is 5.75 Å². The molecule has 1 aliphatic heterocycles. The summed E-state index contributed by atoms with van der Waals surface area (Å²) in [6.07, 6.45) is 2.46. The van der Waals surface area contributed by atoms with Gasteiger partial charge in [-0.1, -0.05) is 23.2 Å². The van der Waals surface area contributed by atoms with Crippen LogP contribution in [0.1, 0.15) is 24.8 Å². The minimum absolute atomic E-state index is 0.104. The summed E-state index contributed by atoms with van der Waals surface area (Å²) < 4.78 is 10.8. The normalized spacial score (nSPS) is 17.7. The average Bonchev–Trinajstić information content (AvgIpc) is 2.46. The lowest BCUT2D eigenvalue weighted by Crippen LogP contribution is -2.49. The molecule has 1 aromatic rings. The van der Waals surface area contributed by atoms with E-state index in [2.05, 4.69) is 5.32 Å². The molecule has 1 fully saturated rings. The van der Waals surface area contributed by atoms with Gasteiger partial charge in [0.25, 0.3) is 0 Å². The van der Waals surface area contributed by atoms with Crippen LogP contribution in [0.4, 0.5) is 0 Å². The van der Waals surface area contributed by atoms with Crippen LogP contribution in [-0.2, 0) is 11.3 Å². The third-order valence-corrected chi connectivity index (χ3v) is 4.48. The molecule has 0 aliphatic carbocycles. The molecule has 21 heavy (non-hydrogen) atoms. The van der Waals surface area contributed by atoms with Crippen molar-refractivity contribution in [2.24, 2.45) is 0 Å². The standard InChI is InChI=1S/C15H21Cl2NO3/c1-20-14-11(8-12(16)9-13(14)17)10-18-15(2-5-19)3-6-21-7-4-15/h8-9,18-19H,2-7,10H2,1H3. The molecule has 1 saturated heterocycles. The Balaban J connectivity index is 2.13. The maximum absolute atomic E-state index is 9.32. The van der Waals surface area contributed by atoms with E-state index < -0.39 is 0 Å². The van der Waals surface area contributed by atoms with E-state index in [1.165, 1.54) is 0 Å². The SMILES string of the molecule is COc1c(Cl)cc(Cl)cc1CNC1(CCO)CCOCC1. The van der Waals surface area contributed by atoms with Gasteiger partial charge < -0.3 is 19.9 Å². The highest BCUT2D eigenvalue weighted by Gasteiger charge is 2.31. The Morgan fingerprint density at radius 1 is 1.33 bits per heavy atom. The first kappa shape index (κ1) is 16.8. The van der Waals surface area contributed by atoms with E-state index in [9.17, 15) is 5.11 Å². The van der Waals surface area contributed by atoms with Crippen molar-refractivity contribution in [3.63, 3.8) is 0 Å². The lowest BCUT2D eigenvalue weighted by molar-refractivity contribution is 0.0267. The van der Waals surface area contributed by atoms with Crippen LogP contribution in [0.5, 0.6) is 5.75 Å². The molecule has 1 aliphatic rings. The summed E-state index contributed by atoms with van der Waals surface area (Å²) in [5, 5.41) is 14.0. The van der Waals surface area contributed by atoms with Gasteiger partial charge in [0.15, 0.2) is 0 Å². The third-order valence-electron chi connectivity index (χ3n) is 3.98. The summed E-state index contributed by atoms with van der Waals surface area (Å²) in [6, 6.07) is 3.52. The fourth-order valence-corrected chi connectivity index (χ4v) is 3.36. The van der Waals surface area contributed by atoms with Gasteiger partial charge >= 0.3 is 0 Å². The van der Waals surface area contributed by atoms with Crippen LogP contribution in [0.2, 0.25) is 10.0 Å². The number of hydrogen-bond donors (Lipinski definition) is 2. The van der Waals surface area contributed by atoms with Crippen molar-refractivity contribution in [2.45, 2.75) is 31.3 Å². The summed E-state index contributed by atoms with van der Waals surface area (Å²) in [5.74, 6) is 0.639. The van der Waals surface area contributed by atoms with Crippen molar-refractivity contribution in [2.75, 3.05) is 26.9 Å². The number of aliphatic hydroxyl groups is 1. The quantitative estimate of drug-likeness (QED) is 0.840. The molecule has 0 aromatic heterocycles. The number of benzene rings is 1. The van der Waals surface area contributed by atoms with Crippen LogP contribution in [-0.4, -0.2) is 37.6 Å². The average molecular weight is 334 g/mol. The highest BCUT2D eigenvalue weighted by molar-refractivity contribution is 6.35. The summed E-state index contributed by atoms with van der Waals surface area (Å²) in [5.41, 5.74) is 0.811. The number of nitrogens with one attached hydrogen (secondary N) is 1. The van der Waals surface area contributed by atoms with E-state index in [-0.39, 0.29) is 12.1 Å². The Morgan fingerprint density at radius 3 is 2.67 bits per heavy atom. The van der Waals surface area contributed by atoms with Crippen molar-refractivity contribution < 1.29 is 14.6 Å². The molecule has 0 saturated carbocycles. The Hall–Kier alpha value is -0.520. The predicted molar refractivity (Wildman–Crippen MR) is 84.3 cm³/mol. The van der Waals surface area contributed by atoms with Gasteiger partial charge in [-0.25, -0.2) is 0 Å². The van der Waals surface area contributed by atoms with Gasteiger partial charge in [-0.2, -0.15) is 0 Å². The maximum atomic E-state index is 9.32. The van der Waals surface area contributed by atoms with Gasteiger partial charge in [0, 0.05) is 42.5 Å². The molecular formula is C15H21Cl2NO3. The molecule has 0 atom stereocenters. The fourth-order valence-electron chi connectivity index (χ4n) is 2.75. The minimum Gasteiger partial charge on any atom is -0.495 e. The summed E-state index contributed by atoms with van der Waals surface area (Å²) in [4.78, 5) is 0. The molecule has 4 nitrogen and oxygen atoms in total. The number of methoxy groups -OCH3 is 1. The summed E-state index contributed by atoms with van der Waals surface area (Å²) in [7, 11) is 1.59. The number of hydrogen-bond acceptors (Lipinski definition) is 4. The van der Waals surface area contributed by atoms with E-state index in [0.29, 0.717) is 42.0 Å². The highest BCUT2D eigenvalue weighted by atomic mass is 35.5. The summed E-state index contributed by atoms with van der Waals surface area (Å²) in [6.45, 7) is 2.16. The Morgan fingerprint density at radius 2 is 2.05 bits per heavy atom. The molecule has 118 valence electrons. The van der Waals surface area contributed by atoms with E-state index in [1.807, 2.05) is 6.07 Å². The zero-order valence-electron chi connectivity index (χ0n) is 12.1. The van der Waals surface area contributed by atoms with Crippen LogP contribution in [0.15, 0.2) is 12.1 Å². The van der Waals surface area contributed by atoms with Gasteiger partial charge in [0.05, 0.1) is 12.1 Å². The van der Waals surface area contributed by atoms with Crippen LogP contribution in [0.25, 0.3) is 0 Å². The number of rotatable bonds is 6. The van der Waals surface area contributed by atoms with Crippen LogP contribution < -0.4 is 10.1 Å². The van der Waals surface area contributed by atoms with Crippen LogP contribution in [0, 0.1) is 0 Å². The zero-order valence-corrected chi connectivity index (χ0v) is 13.6. The Kier molecular flexibility index (Phi) is 6.14. The highest BCUT2D eigenvalue weighted by Crippen LogP contribution is 2.33. The smallest absolute Gasteiger partial charge is 0.142 e. The van der Waals surface area contributed by atoms with Crippen molar-refractivity contribution in [1.82, 2.24) is 5.32 Å². The second-order valence-corrected chi connectivity index (χ2v) is 6.14. The van der Waals surface area contributed by atoms with Gasteiger partial charge in [-0.3, -0.25) is 0 Å². The van der Waals surface area contributed by atoms with E-state index >= 15 is 0 Å². The maximum Gasteiger partial charge on any atom is 0.142 e. The lowest BCUT2D eigenvalue weighted by atomic mass is 9.86. The lowest BCUT2D eigenvalue weighted by Gasteiger charge is -2.38. The second-order valence-electron chi connectivity index (χ2n) is 5.30. The number of aliphatic hydroxyl groups excluding tert-OH is 1. The molecule has 6 heteroatoms. The van der Waals surface area contributed by atoms with Crippen LogP contribution in [0.3, 0.4) is 0 Å². The minimum atomic E-state index is -0.104. The van der Waals surface area contributed by atoms with E-state index in [1.54, 1.807) is 13.2 Å². The topological polar surface area (TPSA) is 50.7 Å². The third kappa shape index (κ3) is 4.24. The van der Waals surface area contributed by atoms with Crippen LogP contribution >= 0.6 is 23.2 Å². The molecule has 0 spiro atoms.